The van der Waals surface area contributed by atoms with Gasteiger partial charge in [0.05, 0.1) is 28.1 Å². The number of thioether (sulfide) groups is 1. The van der Waals surface area contributed by atoms with Crippen molar-refractivity contribution < 1.29 is 0 Å². The Labute approximate surface area is 389 Å². The topological polar surface area (TPSA) is 34.0 Å². The Morgan fingerprint density at radius 1 is 0.515 bits per heavy atom. The molecule has 11 rings (SSSR count). The van der Waals surface area contributed by atoms with Crippen molar-refractivity contribution in [1.82, 2.24) is 14.5 Å². The van der Waals surface area contributed by atoms with Crippen LogP contribution in [0.25, 0.3) is 95.3 Å². The third-order valence-corrected chi connectivity index (χ3v) is 13.2. The summed E-state index contributed by atoms with van der Waals surface area (Å²) < 4.78 is 2.43. The predicted molar refractivity (Wildman–Crippen MR) is 282 cm³/mol. The Morgan fingerprint density at radius 2 is 1.14 bits per heavy atom. The van der Waals surface area contributed by atoms with Crippen LogP contribution in [0, 0.1) is 0 Å². The molecule has 0 atom stereocenters. The van der Waals surface area contributed by atoms with Crippen LogP contribution in [0.15, 0.2) is 230 Å². The van der Waals surface area contributed by atoms with Gasteiger partial charge in [0.15, 0.2) is 5.82 Å². The molecule has 0 N–H and O–H groups in total. The van der Waals surface area contributed by atoms with Crippen LogP contribution in [0.4, 0.5) is 17.1 Å². The molecule has 0 radical (unpaired) electrons. The summed E-state index contributed by atoms with van der Waals surface area (Å²) in [5.74, 6) is 0.616. The molecule has 0 spiro atoms. The van der Waals surface area contributed by atoms with E-state index in [9.17, 15) is 0 Å². The molecule has 0 bridgehead atoms. The standard InChI is InChI=1S/C61H44N4S/c1-4-50-54(5-2)62-61(63-59(50)44-33-31-42(32-34-44)41-19-9-6-10-20-41)46-22-17-27-49(39-46)65-55-37-35-43-21-15-16-28-51(43)58(55)53-30-18-29-52(60(53)65)45-36-38-57(66-3)56(40-45)64(47-23-11-7-12-24-47)48-25-13-8-14-26-48/h4-40H,1-2H2,3H3. The number of benzene rings is 9. The van der Waals surface area contributed by atoms with E-state index in [-0.39, 0.29) is 0 Å². The van der Waals surface area contributed by atoms with E-state index in [0.717, 1.165) is 78.6 Å². The number of fused-ring (bicyclic) bond motifs is 5. The molecule has 0 saturated carbocycles. The summed E-state index contributed by atoms with van der Waals surface area (Å²) in [6, 6.07) is 75.7. The quantitative estimate of drug-likeness (QED) is 0.121. The number of aromatic nitrogens is 3. The molecule has 314 valence electrons. The molecule has 0 amide bonds. The highest BCUT2D eigenvalue weighted by Crippen LogP contribution is 2.46. The molecular weight excluding hydrogens is 821 g/mol. The number of nitrogens with zero attached hydrogens (tertiary/aromatic N) is 4. The van der Waals surface area contributed by atoms with Gasteiger partial charge in [0, 0.05) is 55.0 Å². The largest absolute Gasteiger partial charge is 0.309 e. The second-order valence-electron chi connectivity index (χ2n) is 16.2. The van der Waals surface area contributed by atoms with E-state index in [2.05, 4.69) is 235 Å². The average Bonchev–Trinajstić information content (AvgIpc) is 3.74. The molecule has 0 aliphatic carbocycles. The molecule has 66 heavy (non-hydrogen) atoms. The minimum Gasteiger partial charge on any atom is -0.309 e. The molecular formula is C61H44N4S. The molecule has 2 heterocycles. The van der Waals surface area contributed by atoms with Crippen molar-refractivity contribution in [3.8, 4) is 50.6 Å². The summed E-state index contributed by atoms with van der Waals surface area (Å²) in [5, 5.41) is 4.82. The van der Waals surface area contributed by atoms with Gasteiger partial charge in [-0.25, -0.2) is 9.97 Å². The Balaban J connectivity index is 1.12. The van der Waals surface area contributed by atoms with Crippen molar-refractivity contribution in [1.29, 1.82) is 0 Å². The van der Waals surface area contributed by atoms with Gasteiger partial charge < -0.3 is 9.47 Å². The van der Waals surface area contributed by atoms with E-state index in [4.69, 9.17) is 9.97 Å². The Bertz CT molecular complexity index is 3560. The fourth-order valence-corrected chi connectivity index (χ4v) is 9.94. The van der Waals surface area contributed by atoms with E-state index >= 15 is 0 Å². The van der Waals surface area contributed by atoms with Crippen molar-refractivity contribution in [3.05, 3.63) is 237 Å². The van der Waals surface area contributed by atoms with Crippen LogP contribution in [0.3, 0.4) is 0 Å². The number of para-hydroxylation sites is 3. The molecule has 0 aliphatic heterocycles. The maximum Gasteiger partial charge on any atom is 0.160 e. The molecule has 5 heteroatoms. The maximum atomic E-state index is 5.29. The van der Waals surface area contributed by atoms with E-state index < -0.39 is 0 Å². The van der Waals surface area contributed by atoms with Crippen LogP contribution in [0.1, 0.15) is 11.3 Å². The lowest BCUT2D eigenvalue weighted by Gasteiger charge is -2.28. The third-order valence-electron chi connectivity index (χ3n) is 12.4. The molecule has 0 unspecified atom stereocenters. The normalized spacial score (nSPS) is 11.3. The average molecular weight is 865 g/mol. The molecule has 0 aliphatic rings. The van der Waals surface area contributed by atoms with Crippen LogP contribution in [-0.2, 0) is 0 Å². The first-order chi connectivity index (χ1) is 32.6. The smallest absolute Gasteiger partial charge is 0.160 e. The van der Waals surface area contributed by atoms with E-state index in [1.165, 1.54) is 32.0 Å². The molecule has 4 nitrogen and oxygen atoms in total. The highest BCUT2D eigenvalue weighted by atomic mass is 32.2. The predicted octanol–water partition coefficient (Wildman–Crippen LogP) is 16.9. The first-order valence-corrected chi connectivity index (χ1v) is 23.3. The van der Waals surface area contributed by atoms with Gasteiger partial charge in [-0.3, -0.25) is 0 Å². The Morgan fingerprint density at radius 3 is 1.85 bits per heavy atom. The van der Waals surface area contributed by atoms with Crippen LogP contribution in [0.2, 0.25) is 0 Å². The minimum absolute atomic E-state index is 0.616. The second-order valence-corrected chi connectivity index (χ2v) is 17.1. The van der Waals surface area contributed by atoms with Crippen LogP contribution in [0.5, 0.6) is 0 Å². The molecule has 9 aromatic carbocycles. The van der Waals surface area contributed by atoms with Gasteiger partial charge in [-0.05, 0) is 94.4 Å². The lowest BCUT2D eigenvalue weighted by atomic mass is 9.99. The summed E-state index contributed by atoms with van der Waals surface area (Å²) >= 11 is 1.76. The van der Waals surface area contributed by atoms with Gasteiger partial charge in [-0.2, -0.15) is 0 Å². The highest BCUT2D eigenvalue weighted by molar-refractivity contribution is 7.98. The zero-order valence-corrected chi connectivity index (χ0v) is 37.3. The first-order valence-electron chi connectivity index (χ1n) is 22.1. The van der Waals surface area contributed by atoms with Crippen molar-refractivity contribution in [3.63, 3.8) is 0 Å². The summed E-state index contributed by atoms with van der Waals surface area (Å²) in [4.78, 5) is 14.0. The van der Waals surface area contributed by atoms with Crippen LogP contribution < -0.4 is 4.90 Å². The Hall–Kier alpha value is -8.25. The SMILES string of the molecule is C=Cc1nc(-c2cccc(-n3c4ccc5ccccc5c4c4cccc(-c5ccc(SC)c(N(c6ccccc6)c6ccccc6)c5)c43)c2)nc(-c2ccc(-c3ccccc3)cc2)c1C=C. The molecule has 11 aromatic rings. The lowest BCUT2D eigenvalue weighted by molar-refractivity contribution is 1.14. The van der Waals surface area contributed by atoms with Gasteiger partial charge in [-0.1, -0.05) is 177 Å². The number of rotatable bonds is 11. The van der Waals surface area contributed by atoms with Gasteiger partial charge >= 0.3 is 0 Å². The summed E-state index contributed by atoms with van der Waals surface area (Å²) in [5.41, 5.74) is 15.4. The monoisotopic (exact) mass is 864 g/mol. The third kappa shape index (κ3) is 7.16. The zero-order valence-electron chi connectivity index (χ0n) is 36.5. The van der Waals surface area contributed by atoms with Gasteiger partial charge in [0.2, 0.25) is 0 Å². The number of hydrogen-bond acceptors (Lipinski definition) is 4. The zero-order chi connectivity index (χ0) is 44.6. The highest BCUT2D eigenvalue weighted by Gasteiger charge is 2.22. The maximum absolute atomic E-state index is 5.29. The Kier molecular flexibility index (Phi) is 10.7. The number of anilines is 3. The van der Waals surface area contributed by atoms with Crippen molar-refractivity contribution >= 4 is 73.6 Å². The van der Waals surface area contributed by atoms with E-state index in [0.29, 0.717) is 5.82 Å². The minimum atomic E-state index is 0.616. The van der Waals surface area contributed by atoms with E-state index in [1.807, 2.05) is 12.1 Å². The molecule has 0 saturated heterocycles. The van der Waals surface area contributed by atoms with Crippen molar-refractivity contribution in [2.24, 2.45) is 0 Å². The first kappa shape index (κ1) is 40.5. The van der Waals surface area contributed by atoms with Crippen molar-refractivity contribution in [2.45, 2.75) is 4.90 Å². The second kappa shape index (κ2) is 17.4. The van der Waals surface area contributed by atoms with Crippen LogP contribution in [-0.4, -0.2) is 20.8 Å². The lowest BCUT2D eigenvalue weighted by Crippen LogP contribution is -2.11. The number of hydrogen-bond donors (Lipinski definition) is 0. The molecule has 0 fully saturated rings. The summed E-state index contributed by atoms with van der Waals surface area (Å²) in [6.45, 7) is 8.34. The van der Waals surface area contributed by atoms with Gasteiger partial charge in [0.25, 0.3) is 0 Å². The van der Waals surface area contributed by atoms with Crippen LogP contribution >= 0.6 is 11.8 Å². The summed E-state index contributed by atoms with van der Waals surface area (Å²) in [7, 11) is 0. The summed E-state index contributed by atoms with van der Waals surface area (Å²) in [6.07, 6.45) is 5.78. The van der Waals surface area contributed by atoms with Gasteiger partial charge in [0.1, 0.15) is 0 Å². The van der Waals surface area contributed by atoms with E-state index in [1.54, 1.807) is 17.8 Å². The fraction of sp³-hybridized carbons (Fsp3) is 0.0164. The fourth-order valence-electron chi connectivity index (χ4n) is 9.38. The molecule has 2 aromatic heterocycles. The van der Waals surface area contributed by atoms with Gasteiger partial charge in [-0.15, -0.1) is 11.8 Å². The van der Waals surface area contributed by atoms with Crippen molar-refractivity contribution in [2.75, 3.05) is 11.2 Å².